The second-order valence-corrected chi connectivity index (χ2v) is 7.77. The largest absolute Gasteiger partial charge is 0.341 e. The summed E-state index contributed by atoms with van der Waals surface area (Å²) in [5.74, 6) is -0.0922. The number of carbonyl (C=O) groups excluding carboxylic acids is 2. The van der Waals surface area contributed by atoms with Gasteiger partial charge in [0, 0.05) is 50.7 Å². The zero-order valence-electron chi connectivity index (χ0n) is 18.3. The summed E-state index contributed by atoms with van der Waals surface area (Å²) in [7, 11) is 1.23. The van der Waals surface area contributed by atoms with Gasteiger partial charge in [-0.25, -0.2) is 9.86 Å². The topological polar surface area (TPSA) is 113 Å². The number of hydrogen-bond donors (Lipinski definition) is 2. The summed E-state index contributed by atoms with van der Waals surface area (Å²) in [6.07, 6.45) is 1.79. The highest BCUT2D eigenvalue weighted by molar-refractivity contribution is 5.79. The molecule has 1 aromatic heterocycles. The molecular formula is C23H28N6O3. The SMILES string of the molecule is Cc1ncccc1C(C#N)N1CCN(C(=O)CC(NC(=O)N(C)O)c2ccccc2)CC1. The van der Waals surface area contributed by atoms with Crippen LogP contribution in [0.4, 0.5) is 4.79 Å². The van der Waals surface area contributed by atoms with Crippen molar-refractivity contribution >= 4 is 11.9 Å². The third kappa shape index (κ3) is 5.60. The molecule has 32 heavy (non-hydrogen) atoms. The summed E-state index contributed by atoms with van der Waals surface area (Å²) in [4.78, 5) is 33.1. The monoisotopic (exact) mass is 436 g/mol. The van der Waals surface area contributed by atoms with Crippen LogP contribution in [0.1, 0.15) is 35.3 Å². The Balaban J connectivity index is 1.64. The van der Waals surface area contributed by atoms with Crippen molar-refractivity contribution in [2.75, 3.05) is 33.2 Å². The molecule has 1 aliphatic rings. The molecular weight excluding hydrogens is 408 g/mol. The number of rotatable bonds is 6. The fourth-order valence-corrected chi connectivity index (χ4v) is 3.85. The molecule has 3 rings (SSSR count). The molecule has 2 heterocycles. The maximum atomic E-state index is 13.0. The van der Waals surface area contributed by atoms with Crippen molar-refractivity contribution in [3.63, 3.8) is 0 Å². The summed E-state index contributed by atoms with van der Waals surface area (Å²) in [6, 6.07) is 13.7. The molecule has 0 bridgehead atoms. The predicted octanol–water partition coefficient (Wildman–Crippen LogP) is 2.26. The number of hydrogen-bond acceptors (Lipinski definition) is 6. The molecule has 0 aliphatic carbocycles. The van der Waals surface area contributed by atoms with Crippen LogP contribution in [0.5, 0.6) is 0 Å². The second kappa shape index (κ2) is 10.7. The smallest absolute Gasteiger partial charge is 0.340 e. The Morgan fingerprint density at radius 2 is 1.88 bits per heavy atom. The van der Waals surface area contributed by atoms with Crippen LogP contribution in [0, 0.1) is 18.3 Å². The predicted molar refractivity (Wildman–Crippen MR) is 117 cm³/mol. The van der Waals surface area contributed by atoms with Crippen molar-refractivity contribution in [1.82, 2.24) is 25.2 Å². The van der Waals surface area contributed by atoms with Crippen molar-refractivity contribution in [2.24, 2.45) is 0 Å². The van der Waals surface area contributed by atoms with Gasteiger partial charge < -0.3 is 10.2 Å². The maximum Gasteiger partial charge on any atom is 0.341 e. The number of aryl methyl sites for hydroxylation is 1. The van der Waals surface area contributed by atoms with E-state index in [1.54, 1.807) is 11.1 Å². The van der Waals surface area contributed by atoms with Gasteiger partial charge in [0.25, 0.3) is 0 Å². The Hall–Kier alpha value is -3.48. The Morgan fingerprint density at radius 3 is 2.47 bits per heavy atom. The minimum atomic E-state index is -0.680. The van der Waals surface area contributed by atoms with Crippen LogP contribution in [0.3, 0.4) is 0 Å². The van der Waals surface area contributed by atoms with Crippen LogP contribution in [-0.2, 0) is 4.79 Å². The van der Waals surface area contributed by atoms with Gasteiger partial charge in [-0.2, -0.15) is 5.26 Å². The number of pyridine rings is 1. The van der Waals surface area contributed by atoms with Gasteiger partial charge in [0.15, 0.2) is 0 Å². The van der Waals surface area contributed by atoms with Crippen LogP contribution in [0.25, 0.3) is 0 Å². The van der Waals surface area contributed by atoms with E-state index >= 15 is 0 Å². The van der Waals surface area contributed by atoms with E-state index in [2.05, 4.69) is 21.3 Å². The molecule has 2 N–H and O–H groups in total. The number of benzene rings is 1. The molecule has 2 aromatic rings. The lowest BCUT2D eigenvalue weighted by Crippen LogP contribution is -2.50. The maximum absolute atomic E-state index is 13.0. The van der Waals surface area contributed by atoms with E-state index in [0.717, 1.165) is 16.8 Å². The van der Waals surface area contributed by atoms with Crippen LogP contribution in [0.2, 0.25) is 0 Å². The molecule has 9 heteroatoms. The Labute approximate surface area is 187 Å². The average Bonchev–Trinajstić information content (AvgIpc) is 2.81. The van der Waals surface area contributed by atoms with Crippen molar-refractivity contribution in [1.29, 1.82) is 5.26 Å². The van der Waals surface area contributed by atoms with E-state index in [1.807, 2.05) is 49.4 Å². The molecule has 2 unspecified atom stereocenters. The highest BCUT2D eigenvalue weighted by Gasteiger charge is 2.29. The molecule has 168 valence electrons. The Morgan fingerprint density at radius 1 is 1.19 bits per heavy atom. The first-order valence-corrected chi connectivity index (χ1v) is 10.5. The average molecular weight is 437 g/mol. The molecule has 0 radical (unpaired) electrons. The number of urea groups is 1. The summed E-state index contributed by atoms with van der Waals surface area (Å²) >= 11 is 0. The molecule has 1 saturated heterocycles. The third-order valence-electron chi connectivity index (χ3n) is 5.67. The number of hydroxylamine groups is 2. The standard InChI is InChI=1S/C23H28N6O3/c1-17-19(9-6-10-25-17)21(16-24)28-11-13-29(14-12-28)22(30)15-20(26-23(31)27(2)32)18-7-4-3-5-8-18/h3-10,20-21,32H,11-15H2,1-2H3,(H,26,31). The molecule has 0 spiro atoms. The van der Waals surface area contributed by atoms with Gasteiger partial charge in [0.1, 0.15) is 6.04 Å². The first kappa shape index (κ1) is 23.2. The molecule has 1 fully saturated rings. The van der Waals surface area contributed by atoms with Gasteiger partial charge in [-0.1, -0.05) is 36.4 Å². The number of aromatic nitrogens is 1. The summed E-state index contributed by atoms with van der Waals surface area (Å²) in [6.45, 7) is 4.01. The normalized spacial score (nSPS) is 16.0. The first-order chi connectivity index (χ1) is 15.4. The number of nitrogens with one attached hydrogen (secondary N) is 1. The van der Waals surface area contributed by atoms with E-state index in [-0.39, 0.29) is 12.3 Å². The fourth-order valence-electron chi connectivity index (χ4n) is 3.85. The minimum Gasteiger partial charge on any atom is -0.340 e. The highest BCUT2D eigenvalue weighted by Crippen LogP contribution is 2.24. The van der Waals surface area contributed by atoms with E-state index in [0.29, 0.717) is 31.2 Å². The van der Waals surface area contributed by atoms with Gasteiger partial charge in [-0.05, 0) is 18.6 Å². The van der Waals surface area contributed by atoms with Crippen LogP contribution >= 0.6 is 0 Å². The van der Waals surface area contributed by atoms with Crippen molar-refractivity contribution < 1.29 is 14.8 Å². The number of nitrogens with zero attached hydrogens (tertiary/aromatic N) is 5. The molecule has 9 nitrogen and oxygen atoms in total. The van der Waals surface area contributed by atoms with Gasteiger partial charge in [-0.3, -0.25) is 19.9 Å². The summed E-state index contributed by atoms with van der Waals surface area (Å²) < 4.78 is 0. The lowest BCUT2D eigenvalue weighted by Gasteiger charge is -2.37. The molecule has 1 aliphatic heterocycles. The fraction of sp³-hybridized carbons (Fsp3) is 0.391. The lowest BCUT2D eigenvalue weighted by molar-refractivity contribution is -0.133. The van der Waals surface area contributed by atoms with E-state index in [9.17, 15) is 20.1 Å². The molecule has 2 atom stereocenters. The number of amides is 3. The molecule has 0 saturated carbocycles. The first-order valence-electron chi connectivity index (χ1n) is 10.5. The van der Waals surface area contributed by atoms with Crippen molar-refractivity contribution in [2.45, 2.75) is 25.4 Å². The number of carbonyl (C=O) groups is 2. The minimum absolute atomic E-state index is 0.0764. The van der Waals surface area contributed by atoms with Crippen LogP contribution in [0.15, 0.2) is 48.7 Å². The van der Waals surface area contributed by atoms with E-state index in [1.165, 1.54) is 7.05 Å². The third-order valence-corrected chi connectivity index (χ3v) is 5.67. The van der Waals surface area contributed by atoms with Gasteiger partial charge in [0.2, 0.25) is 5.91 Å². The highest BCUT2D eigenvalue weighted by atomic mass is 16.5. The molecule has 1 aromatic carbocycles. The quantitative estimate of drug-likeness (QED) is 0.531. The summed E-state index contributed by atoms with van der Waals surface area (Å²) in [5, 5.41) is 22.3. The molecule has 3 amide bonds. The van der Waals surface area contributed by atoms with Gasteiger partial charge >= 0.3 is 6.03 Å². The second-order valence-electron chi connectivity index (χ2n) is 7.77. The van der Waals surface area contributed by atoms with Crippen molar-refractivity contribution in [3.8, 4) is 6.07 Å². The van der Waals surface area contributed by atoms with Gasteiger partial charge in [-0.15, -0.1) is 0 Å². The number of piperazine rings is 1. The van der Waals surface area contributed by atoms with Crippen LogP contribution < -0.4 is 5.32 Å². The van der Waals surface area contributed by atoms with E-state index in [4.69, 9.17) is 0 Å². The van der Waals surface area contributed by atoms with Crippen LogP contribution in [-0.4, -0.2) is 70.2 Å². The Kier molecular flexibility index (Phi) is 7.76. The zero-order valence-corrected chi connectivity index (χ0v) is 18.3. The number of nitriles is 1. The zero-order chi connectivity index (χ0) is 23.1. The van der Waals surface area contributed by atoms with Crippen molar-refractivity contribution in [3.05, 3.63) is 65.5 Å². The Bertz CT molecular complexity index is 967. The lowest BCUT2D eigenvalue weighted by atomic mass is 10.0. The van der Waals surface area contributed by atoms with Gasteiger partial charge in [0.05, 0.1) is 18.5 Å². The summed E-state index contributed by atoms with van der Waals surface area (Å²) in [5.41, 5.74) is 2.49. The van der Waals surface area contributed by atoms with E-state index < -0.39 is 18.1 Å².